The van der Waals surface area contributed by atoms with Gasteiger partial charge in [0.2, 0.25) is 0 Å². The monoisotopic (exact) mass is 527 g/mol. The lowest BCUT2D eigenvalue weighted by Crippen LogP contribution is -2.23. The first-order valence-corrected chi connectivity index (χ1v) is 12.0. The number of thioether (sulfide) groups is 1. The Labute approximate surface area is 216 Å². The Bertz CT molecular complexity index is 1330. The Morgan fingerprint density at radius 2 is 1.75 bits per heavy atom. The zero-order chi connectivity index (χ0) is 26.4. The van der Waals surface area contributed by atoms with E-state index in [1.54, 1.807) is 26.2 Å². The summed E-state index contributed by atoms with van der Waals surface area (Å²) >= 11 is 7.09. The number of amidine groups is 1. The standard InChI is InChI=1S/C25H23ClFN5O3S/c1-14(33)13-36-17-6-8-21(19(11-17)25(35)31-22-9-5-16(26)12-29-22)30-24(34)18-7-4-15(10-20(18)27)23(28)32(2)3/h4-12,28H,13H2,1-3H3,(H,30,34)(H,29,31,35). The molecule has 2 aromatic carbocycles. The molecule has 186 valence electrons. The minimum atomic E-state index is -0.804. The number of halogens is 2. The van der Waals surface area contributed by atoms with Crippen LogP contribution in [0.5, 0.6) is 0 Å². The molecule has 36 heavy (non-hydrogen) atoms. The summed E-state index contributed by atoms with van der Waals surface area (Å²) in [6, 6.07) is 11.7. The van der Waals surface area contributed by atoms with Crippen molar-refractivity contribution < 1.29 is 18.8 Å². The smallest absolute Gasteiger partial charge is 0.258 e. The van der Waals surface area contributed by atoms with Gasteiger partial charge in [-0.3, -0.25) is 19.8 Å². The largest absolute Gasteiger partial charge is 0.363 e. The molecule has 0 atom stereocenters. The van der Waals surface area contributed by atoms with Gasteiger partial charge in [0.15, 0.2) is 0 Å². The van der Waals surface area contributed by atoms with E-state index in [-0.39, 0.29) is 40.0 Å². The first-order valence-electron chi connectivity index (χ1n) is 10.6. The van der Waals surface area contributed by atoms with Gasteiger partial charge in [0.05, 0.1) is 27.6 Å². The van der Waals surface area contributed by atoms with Crippen LogP contribution in [0.25, 0.3) is 0 Å². The Balaban J connectivity index is 1.90. The van der Waals surface area contributed by atoms with Crippen LogP contribution in [0.3, 0.4) is 0 Å². The molecular weight excluding hydrogens is 505 g/mol. The third kappa shape index (κ3) is 6.89. The number of hydrogen-bond acceptors (Lipinski definition) is 6. The number of Topliss-reactive ketones (excluding diaryl/α,β-unsaturated/α-hetero) is 1. The van der Waals surface area contributed by atoms with Gasteiger partial charge in [-0.25, -0.2) is 9.37 Å². The van der Waals surface area contributed by atoms with Gasteiger partial charge in [-0.15, -0.1) is 11.8 Å². The molecule has 0 radical (unpaired) electrons. The molecule has 3 aromatic rings. The lowest BCUT2D eigenvalue weighted by Gasteiger charge is -2.15. The molecule has 0 bridgehead atoms. The highest BCUT2D eigenvalue weighted by atomic mass is 35.5. The van der Waals surface area contributed by atoms with Gasteiger partial charge in [-0.05, 0) is 49.4 Å². The van der Waals surface area contributed by atoms with Crippen LogP contribution in [0.2, 0.25) is 5.02 Å². The number of benzene rings is 2. The number of anilines is 2. The van der Waals surface area contributed by atoms with E-state index < -0.39 is 17.6 Å². The van der Waals surface area contributed by atoms with Gasteiger partial charge < -0.3 is 15.5 Å². The summed E-state index contributed by atoms with van der Waals surface area (Å²) in [5.74, 6) is -1.62. The van der Waals surface area contributed by atoms with E-state index in [9.17, 15) is 18.8 Å². The number of amides is 2. The van der Waals surface area contributed by atoms with Crippen LogP contribution in [0.15, 0.2) is 59.6 Å². The fourth-order valence-corrected chi connectivity index (χ4v) is 3.87. The van der Waals surface area contributed by atoms with Crippen molar-refractivity contribution in [1.82, 2.24) is 9.88 Å². The van der Waals surface area contributed by atoms with Gasteiger partial charge in [0, 0.05) is 30.8 Å². The zero-order valence-electron chi connectivity index (χ0n) is 19.7. The second-order valence-electron chi connectivity index (χ2n) is 7.91. The van der Waals surface area contributed by atoms with Crippen molar-refractivity contribution in [2.24, 2.45) is 0 Å². The van der Waals surface area contributed by atoms with Crippen LogP contribution in [-0.2, 0) is 4.79 Å². The molecule has 1 heterocycles. The summed E-state index contributed by atoms with van der Waals surface area (Å²) in [5, 5.41) is 13.6. The van der Waals surface area contributed by atoms with Gasteiger partial charge in [-0.1, -0.05) is 17.7 Å². The highest BCUT2D eigenvalue weighted by Crippen LogP contribution is 2.27. The highest BCUT2D eigenvalue weighted by Gasteiger charge is 2.19. The van der Waals surface area contributed by atoms with Crippen molar-refractivity contribution >= 4 is 58.3 Å². The van der Waals surface area contributed by atoms with E-state index in [2.05, 4.69) is 15.6 Å². The summed E-state index contributed by atoms with van der Waals surface area (Å²) < 4.78 is 14.7. The first-order chi connectivity index (χ1) is 17.0. The molecule has 0 saturated heterocycles. The molecule has 1 aromatic heterocycles. The zero-order valence-corrected chi connectivity index (χ0v) is 21.3. The predicted octanol–water partition coefficient (Wildman–Crippen LogP) is 4.95. The number of carbonyl (C=O) groups excluding carboxylic acids is 3. The minimum absolute atomic E-state index is 0.0324. The number of hydrogen-bond donors (Lipinski definition) is 3. The quantitative estimate of drug-likeness (QED) is 0.217. The van der Waals surface area contributed by atoms with Crippen molar-refractivity contribution in [3.63, 3.8) is 0 Å². The number of aromatic nitrogens is 1. The van der Waals surface area contributed by atoms with E-state index in [1.807, 2.05) is 0 Å². The highest BCUT2D eigenvalue weighted by molar-refractivity contribution is 8.00. The van der Waals surface area contributed by atoms with Crippen LogP contribution < -0.4 is 10.6 Å². The lowest BCUT2D eigenvalue weighted by molar-refractivity contribution is -0.114. The van der Waals surface area contributed by atoms with Crippen LogP contribution in [0.4, 0.5) is 15.9 Å². The molecule has 0 aliphatic carbocycles. The summed E-state index contributed by atoms with van der Waals surface area (Å²) in [5.41, 5.74) is 0.311. The SMILES string of the molecule is CC(=O)CSc1ccc(NC(=O)c2ccc(C(=N)N(C)C)cc2F)c(C(=O)Nc2ccc(Cl)cn2)c1. The Kier molecular flexibility index (Phi) is 8.78. The number of rotatable bonds is 8. The molecule has 0 unspecified atom stereocenters. The normalized spacial score (nSPS) is 10.5. The number of carbonyl (C=O) groups is 3. The van der Waals surface area contributed by atoms with Gasteiger partial charge in [0.1, 0.15) is 23.3 Å². The van der Waals surface area contributed by atoms with Crippen LogP contribution in [-0.4, -0.2) is 53.2 Å². The first kappa shape index (κ1) is 26.8. The summed E-state index contributed by atoms with van der Waals surface area (Å²) in [7, 11) is 3.32. The molecule has 3 rings (SSSR count). The number of pyridine rings is 1. The molecule has 3 N–H and O–H groups in total. The molecule has 8 nitrogen and oxygen atoms in total. The van der Waals surface area contributed by atoms with Crippen molar-refractivity contribution in [3.8, 4) is 0 Å². The molecule has 0 saturated carbocycles. The third-order valence-electron chi connectivity index (χ3n) is 4.83. The van der Waals surface area contributed by atoms with Crippen molar-refractivity contribution in [1.29, 1.82) is 5.41 Å². The fraction of sp³-hybridized carbons (Fsp3) is 0.160. The molecule has 0 spiro atoms. The van der Waals surface area contributed by atoms with Gasteiger partial charge in [0.25, 0.3) is 11.8 Å². The van der Waals surface area contributed by atoms with Gasteiger partial charge >= 0.3 is 0 Å². The summed E-state index contributed by atoms with van der Waals surface area (Å²) in [6.07, 6.45) is 1.38. The van der Waals surface area contributed by atoms with E-state index in [1.165, 1.54) is 60.1 Å². The Morgan fingerprint density at radius 3 is 2.36 bits per heavy atom. The molecule has 11 heteroatoms. The second kappa shape index (κ2) is 11.8. The second-order valence-corrected chi connectivity index (χ2v) is 9.39. The third-order valence-corrected chi connectivity index (χ3v) is 6.19. The molecule has 0 aliphatic heterocycles. The van der Waals surface area contributed by atoms with E-state index in [0.29, 0.717) is 15.5 Å². The number of ketones is 1. The van der Waals surface area contributed by atoms with Crippen LogP contribution >= 0.6 is 23.4 Å². The van der Waals surface area contributed by atoms with Crippen LogP contribution in [0.1, 0.15) is 33.2 Å². The molecule has 0 fully saturated rings. The average molecular weight is 528 g/mol. The maximum Gasteiger partial charge on any atom is 0.258 e. The van der Waals surface area contributed by atoms with Crippen LogP contribution in [0, 0.1) is 11.2 Å². The average Bonchev–Trinajstić information content (AvgIpc) is 2.83. The van der Waals surface area contributed by atoms with Crippen molar-refractivity contribution in [3.05, 3.63) is 82.3 Å². The Hall–Kier alpha value is -3.76. The predicted molar refractivity (Wildman–Crippen MR) is 140 cm³/mol. The van der Waals surface area contributed by atoms with Crippen molar-refractivity contribution in [2.75, 3.05) is 30.5 Å². The molecule has 0 aliphatic rings. The van der Waals surface area contributed by atoms with E-state index >= 15 is 0 Å². The topological polar surface area (TPSA) is 115 Å². The maximum absolute atomic E-state index is 14.7. The minimum Gasteiger partial charge on any atom is -0.363 e. The molecule has 2 amide bonds. The summed E-state index contributed by atoms with van der Waals surface area (Å²) in [6.45, 7) is 1.46. The Morgan fingerprint density at radius 1 is 1.03 bits per heavy atom. The van der Waals surface area contributed by atoms with E-state index in [4.69, 9.17) is 17.0 Å². The number of nitrogens with zero attached hydrogens (tertiary/aromatic N) is 2. The summed E-state index contributed by atoms with van der Waals surface area (Å²) in [4.78, 5) is 43.5. The lowest BCUT2D eigenvalue weighted by atomic mass is 10.1. The molecular formula is C25H23ClFN5O3S. The van der Waals surface area contributed by atoms with E-state index in [0.717, 1.165) is 6.07 Å². The van der Waals surface area contributed by atoms with Gasteiger partial charge in [-0.2, -0.15) is 0 Å². The van der Waals surface area contributed by atoms with Crippen molar-refractivity contribution in [2.45, 2.75) is 11.8 Å². The number of nitrogens with one attached hydrogen (secondary N) is 3. The maximum atomic E-state index is 14.7. The fourth-order valence-electron chi connectivity index (χ4n) is 3.02.